The first kappa shape index (κ1) is 44.7. The second-order valence-electron chi connectivity index (χ2n) is 14.7. The maximum atomic E-state index is 13.2. The zero-order chi connectivity index (χ0) is 41.3. The first-order valence-corrected chi connectivity index (χ1v) is 20.6. The average molecular weight is 807 g/mol. The zero-order valence-corrected chi connectivity index (χ0v) is 34.0. The van der Waals surface area contributed by atoms with Gasteiger partial charge in [-0.2, -0.15) is 0 Å². The Bertz CT molecular complexity index is 1740. The van der Waals surface area contributed by atoms with Gasteiger partial charge in [0.15, 0.2) is 0 Å². The molecule has 12 heteroatoms. The van der Waals surface area contributed by atoms with Crippen molar-refractivity contribution in [1.82, 2.24) is 19.6 Å². The van der Waals surface area contributed by atoms with E-state index in [4.69, 9.17) is 18.9 Å². The summed E-state index contributed by atoms with van der Waals surface area (Å²) in [4.78, 5) is 60.5. The fourth-order valence-corrected chi connectivity index (χ4v) is 6.59. The number of carbonyl (C=O) groups excluding carboxylic acids is 4. The highest BCUT2D eigenvalue weighted by Gasteiger charge is 2.22. The lowest BCUT2D eigenvalue weighted by Gasteiger charge is -2.33. The molecule has 1 aliphatic heterocycles. The molecular weight excluding hydrogens is 749 g/mol. The molecule has 1 aliphatic rings. The van der Waals surface area contributed by atoms with Gasteiger partial charge in [-0.1, -0.05) is 121 Å². The molecule has 1 heterocycles. The summed E-state index contributed by atoms with van der Waals surface area (Å²) in [5.41, 5.74) is 3.69. The predicted molar refractivity (Wildman–Crippen MR) is 225 cm³/mol. The van der Waals surface area contributed by atoms with Gasteiger partial charge >= 0.3 is 23.9 Å². The smallest absolute Gasteiger partial charge is 0.320 e. The van der Waals surface area contributed by atoms with Crippen molar-refractivity contribution in [3.63, 3.8) is 0 Å². The third kappa shape index (κ3) is 18.4. The molecule has 0 aliphatic carbocycles. The molecule has 1 fully saturated rings. The van der Waals surface area contributed by atoms with Crippen molar-refractivity contribution in [2.45, 2.75) is 45.7 Å². The molecule has 0 saturated carbocycles. The summed E-state index contributed by atoms with van der Waals surface area (Å²) in [7, 11) is 0. The lowest BCUT2D eigenvalue weighted by atomic mass is 10.2. The molecule has 0 bridgehead atoms. The molecule has 0 aromatic heterocycles. The first-order chi connectivity index (χ1) is 28.9. The summed E-state index contributed by atoms with van der Waals surface area (Å²) in [5, 5.41) is 0. The van der Waals surface area contributed by atoms with Gasteiger partial charge in [-0.3, -0.25) is 33.9 Å². The van der Waals surface area contributed by atoms with Crippen LogP contribution in [-0.2, 0) is 64.6 Å². The lowest BCUT2D eigenvalue weighted by molar-refractivity contribution is -0.148. The number of hydrogen-bond donors (Lipinski definition) is 0. The van der Waals surface area contributed by atoms with Crippen LogP contribution < -0.4 is 0 Å². The quantitative estimate of drug-likeness (QED) is 0.0691. The molecule has 4 aromatic rings. The van der Waals surface area contributed by atoms with Gasteiger partial charge in [-0.25, -0.2) is 0 Å². The second-order valence-corrected chi connectivity index (χ2v) is 14.7. The minimum atomic E-state index is -0.348. The van der Waals surface area contributed by atoms with Crippen molar-refractivity contribution in [3.05, 3.63) is 144 Å². The highest BCUT2D eigenvalue weighted by molar-refractivity contribution is 5.72. The minimum absolute atomic E-state index is 0.0608. The Balaban J connectivity index is 1.22. The first-order valence-electron chi connectivity index (χ1n) is 20.6. The van der Waals surface area contributed by atoms with Crippen LogP contribution in [0.3, 0.4) is 0 Å². The standard InChI is InChI=1S/C47H58N4O8/c52-44(56-36-40-15-5-1-6-16-40)23-13-14-24-48-25-27-49(33-45(53)57-37-41-17-7-2-8-18-41)29-31-51(35-47(55)59-39-43-21-11-4-12-22-43)32-30-50(28-26-48)34-46(54)58-38-42-19-9-3-10-20-42/h1-12,15-22H,13-14,23-39H2. The molecule has 5 rings (SSSR count). The summed E-state index contributed by atoms with van der Waals surface area (Å²) in [6.07, 6.45) is 1.77. The Hall–Kier alpha value is -5.40. The van der Waals surface area contributed by atoms with Crippen molar-refractivity contribution in [3.8, 4) is 0 Å². The maximum absolute atomic E-state index is 13.2. The number of unbranched alkanes of at least 4 members (excludes halogenated alkanes) is 1. The molecule has 0 N–H and O–H groups in total. The summed E-state index contributed by atoms with van der Waals surface area (Å²) in [5.74, 6) is -1.22. The average Bonchev–Trinajstić information content (AvgIpc) is 3.27. The Morgan fingerprint density at radius 2 is 0.627 bits per heavy atom. The van der Waals surface area contributed by atoms with Crippen molar-refractivity contribution >= 4 is 23.9 Å². The van der Waals surface area contributed by atoms with Gasteiger partial charge in [0, 0.05) is 58.8 Å². The monoisotopic (exact) mass is 806 g/mol. The molecule has 0 atom stereocenters. The highest BCUT2D eigenvalue weighted by Crippen LogP contribution is 2.09. The largest absolute Gasteiger partial charge is 0.461 e. The topological polar surface area (TPSA) is 118 Å². The predicted octanol–water partition coefficient (Wildman–Crippen LogP) is 5.35. The third-order valence-corrected chi connectivity index (χ3v) is 10.1. The Labute approximate surface area is 348 Å². The van der Waals surface area contributed by atoms with E-state index < -0.39 is 0 Å². The Kier molecular flexibility index (Phi) is 19.6. The fourth-order valence-electron chi connectivity index (χ4n) is 6.59. The normalized spacial score (nSPS) is 15.0. The number of benzene rings is 4. The molecule has 314 valence electrons. The van der Waals surface area contributed by atoms with Crippen LogP contribution in [-0.4, -0.2) is 122 Å². The number of ether oxygens (including phenoxy) is 4. The molecule has 0 amide bonds. The second kappa shape index (κ2) is 25.9. The third-order valence-electron chi connectivity index (χ3n) is 10.1. The summed E-state index contributed by atoms with van der Waals surface area (Å²) < 4.78 is 22.5. The SMILES string of the molecule is O=C(CCCCN1CCN(CC(=O)OCc2ccccc2)CCN(CC(=O)OCc2ccccc2)CCN(CC(=O)OCc2ccccc2)CC1)OCc1ccccc1. The fraction of sp³-hybridized carbons (Fsp3) is 0.404. The van der Waals surface area contributed by atoms with E-state index in [1.54, 1.807) is 0 Å². The molecule has 0 unspecified atom stereocenters. The van der Waals surface area contributed by atoms with Gasteiger partial charge in [0.2, 0.25) is 0 Å². The van der Waals surface area contributed by atoms with E-state index in [0.29, 0.717) is 65.2 Å². The molecule has 4 aromatic carbocycles. The Morgan fingerprint density at radius 3 is 0.932 bits per heavy atom. The summed E-state index contributed by atoms with van der Waals surface area (Å²) >= 11 is 0. The molecular formula is C47H58N4O8. The van der Waals surface area contributed by atoms with Gasteiger partial charge in [-0.15, -0.1) is 0 Å². The van der Waals surface area contributed by atoms with Crippen LogP contribution >= 0.6 is 0 Å². The molecule has 1 saturated heterocycles. The van der Waals surface area contributed by atoms with E-state index in [-0.39, 0.29) is 69.9 Å². The maximum Gasteiger partial charge on any atom is 0.320 e. The Morgan fingerprint density at radius 1 is 0.356 bits per heavy atom. The van der Waals surface area contributed by atoms with Gasteiger partial charge in [0.25, 0.3) is 0 Å². The van der Waals surface area contributed by atoms with E-state index in [1.165, 1.54) is 0 Å². The molecule has 12 nitrogen and oxygen atoms in total. The van der Waals surface area contributed by atoms with Crippen LogP contribution in [0.1, 0.15) is 41.5 Å². The number of rotatable bonds is 19. The van der Waals surface area contributed by atoms with Crippen molar-refractivity contribution in [1.29, 1.82) is 0 Å². The van der Waals surface area contributed by atoms with E-state index in [9.17, 15) is 19.2 Å². The molecule has 0 radical (unpaired) electrons. The lowest BCUT2D eigenvalue weighted by Crippen LogP contribution is -2.48. The van der Waals surface area contributed by atoms with Gasteiger partial charge in [0.1, 0.15) is 26.4 Å². The summed E-state index contributed by atoms with van der Waals surface area (Å²) in [6.45, 7) is 6.23. The minimum Gasteiger partial charge on any atom is -0.461 e. The molecule has 59 heavy (non-hydrogen) atoms. The number of esters is 4. The van der Waals surface area contributed by atoms with Crippen LogP contribution in [0.5, 0.6) is 0 Å². The van der Waals surface area contributed by atoms with Gasteiger partial charge in [0.05, 0.1) is 19.6 Å². The van der Waals surface area contributed by atoms with E-state index in [1.807, 2.05) is 126 Å². The number of carbonyl (C=O) groups is 4. The van der Waals surface area contributed by atoms with Crippen molar-refractivity contribution in [2.75, 3.05) is 78.5 Å². The van der Waals surface area contributed by atoms with Crippen LogP contribution in [0.15, 0.2) is 121 Å². The van der Waals surface area contributed by atoms with Gasteiger partial charge in [-0.05, 0) is 41.6 Å². The number of nitrogens with zero attached hydrogens (tertiary/aromatic N) is 4. The number of hydrogen-bond acceptors (Lipinski definition) is 12. The van der Waals surface area contributed by atoms with E-state index in [0.717, 1.165) is 35.2 Å². The zero-order valence-electron chi connectivity index (χ0n) is 34.0. The van der Waals surface area contributed by atoms with E-state index >= 15 is 0 Å². The highest BCUT2D eigenvalue weighted by atomic mass is 16.5. The van der Waals surface area contributed by atoms with Crippen LogP contribution in [0.25, 0.3) is 0 Å². The van der Waals surface area contributed by atoms with Crippen LogP contribution in [0.4, 0.5) is 0 Å². The summed E-state index contributed by atoms with van der Waals surface area (Å²) in [6, 6.07) is 38.4. The molecule has 0 spiro atoms. The van der Waals surface area contributed by atoms with Crippen LogP contribution in [0, 0.1) is 0 Å². The van der Waals surface area contributed by atoms with E-state index in [2.05, 4.69) is 14.7 Å². The van der Waals surface area contributed by atoms with Gasteiger partial charge < -0.3 is 23.8 Å². The van der Waals surface area contributed by atoms with Crippen molar-refractivity contribution < 1.29 is 38.1 Å². The van der Waals surface area contributed by atoms with Crippen LogP contribution in [0.2, 0.25) is 0 Å². The van der Waals surface area contributed by atoms with Crippen molar-refractivity contribution in [2.24, 2.45) is 0 Å².